The average Bonchev–Trinajstić information content (AvgIpc) is 2.01. The molecule has 0 rings (SSSR count). The van der Waals surface area contributed by atoms with Gasteiger partial charge in [0.2, 0.25) is 0 Å². The first-order chi connectivity index (χ1) is 5.66. The van der Waals surface area contributed by atoms with Crippen molar-refractivity contribution in [2.24, 2.45) is 11.8 Å². The van der Waals surface area contributed by atoms with Gasteiger partial charge in [-0.3, -0.25) is 0 Å². The molecule has 70 valence electrons. The van der Waals surface area contributed by atoms with Gasteiger partial charge in [0.15, 0.2) is 0 Å². The van der Waals surface area contributed by atoms with Crippen LogP contribution < -0.4 is 0 Å². The van der Waals surface area contributed by atoms with E-state index < -0.39 is 0 Å². The summed E-state index contributed by atoms with van der Waals surface area (Å²) in [5, 5.41) is 0. The predicted octanol–water partition coefficient (Wildman–Crippen LogP) is 4.19. The monoisotopic (exact) mass is 166 g/mol. The van der Waals surface area contributed by atoms with E-state index >= 15 is 0 Å². The molecule has 0 aromatic rings. The van der Waals surface area contributed by atoms with Gasteiger partial charge in [-0.2, -0.15) is 0 Å². The van der Waals surface area contributed by atoms with Crippen molar-refractivity contribution in [3.8, 4) is 0 Å². The van der Waals surface area contributed by atoms with Crippen molar-refractivity contribution in [3.63, 3.8) is 0 Å². The molecule has 1 atom stereocenters. The van der Waals surface area contributed by atoms with Crippen LogP contribution in [-0.2, 0) is 0 Å². The molecule has 0 saturated carbocycles. The molecule has 1 unspecified atom stereocenters. The first kappa shape index (κ1) is 11.5. The zero-order valence-electron chi connectivity index (χ0n) is 8.88. The van der Waals surface area contributed by atoms with Crippen LogP contribution in [0.15, 0.2) is 24.3 Å². The van der Waals surface area contributed by atoms with Gasteiger partial charge in [0.05, 0.1) is 0 Å². The maximum absolute atomic E-state index is 2.31. The number of hydrogen-bond acceptors (Lipinski definition) is 0. The van der Waals surface area contributed by atoms with Crippen LogP contribution in [0.2, 0.25) is 0 Å². The summed E-state index contributed by atoms with van der Waals surface area (Å²) in [6, 6.07) is 0. The summed E-state index contributed by atoms with van der Waals surface area (Å²) in [6.45, 7) is 8.86. The van der Waals surface area contributed by atoms with Gasteiger partial charge in [0.25, 0.3) is 0 Å². The molecule has 0 heterocycles. The molecule has 0 aromatic heterocycles. The molecule has 0 aliphatic rings. The average molecular weight is 166 g/mol. The molecular weight excluding hydrogens is 144 g/mol. The van der Waals surface area contributed by atoms with E-state index in [9.17, 15) is 0 Å². The normalized spacial score (nSPS) is 15.1. The van der Waals surface area contributed by atoms with Crippen molar-refractivity contribution in [3.05, 3.63) is 24.3 Å². The lowest BCUT2D eigenvalue weighted by Gasteiger charge is -2.01. The Morgan fingerprint density at radius 2 is 1.67 bits per heavy atom. The zero-order chi connectivity index (χ0) is 9.40. The third-order valence-electron chi connectivity index (χ3n) is 1.73. The highest BCUT2D eigenvalue weighted by molar-refractivity contribution is 4.93. The fourth-order valence-corrected chi connectivity index (χ4v) is 0.968. The molecule has 0 aliphatic heterocycles. The molecule has 0 aliphatic carbocycles. The maximum Gasteiger partial charge on any atom is -0.0227 e. The fourth-order valence-electron chi connectivity index (χ4n) is 0.968. The molecule has 0 fully saturated rings. The second-order valence-electron chi connectivity index (χ2n) is 3.72. The van der Waals surface area contributed by atoms with Gasteiger partial charge < -0.3 is 0 Å². The van der Waals surface area contributed by atoms with Crippen molar-refractivity contribution in [2.45, 2.75) is 40.5 Å². The third kappa shape index (κ3) is 7.59. The largest absolute Gasteiger partial charge is 0.0888 e. The Kier molecular flexibility index (Phi) is 6.84. The van der Waals surface area contributed by atoms with Gasteiger partial charge >= 0.3 is 0 Å². The number of allylic oxidation sites excluding steroid dienone is 4. The molecule has 0 N–H and O–H groups in total. The van der Waals surface area contributed by atoms with Crippen LogP contribution in [0.3, 0.4) is 0 Å². The fraction of sp³-hybridized carbons (Fsp3) is 0.667. The van der Waals surface area contributed by atoms with E-state index in [2.05, 4.69) is 52.0 Å². The topological polar surface area (TPSA) is 0 Å². The van der Waals surface area contributed by atoms with Crippen LogP contribution in [0, 0.1) is 11.8 Å². The Hall–Kier alpha value is -0.520. The Morgan fingerprint density at radius 1 is 1.00 bits per heavy atom. The maximum atomic E-state index is 2.31. The molecule has 0 bridgehead atoms. The molecule has 0 saturated heterocycles. The molecular formula is C12H22. The van der Waals surface area contributed by atoms with E-state index in [1.807, 2.05) is 0 Å². The van der Waals surface area contributed by atoms with Gasteiger partial charge in [-0.05, 0) is 24.7 Å². The summed E-state index contributed by atoms with van der Waals surface area (Å²) >= 11 is 0. The van der Waals surface area contributed by atoms with Crippen LogP contribution in [0.1, 0.15) is 40.5 Å². The molecule has 0 spiro atoms. The van der Waals surface area contributed by atoms with Gasteiger partial charge in [-0.25, -0.2) is 0 Å². The lowest BCUT2D eigenvalue weighted by Crippen LogP contribution is -1.87. The molecule has 0 radical (unpaired) electrons. The smallest absolute Gasteiger partial charge is 0.0227 e. The number of hydrogen-bond donors (Lipinski definition) is 0. The minimum atomic E-state index is 0.683. The first-order valence-corrected chi connectivity index (χ1v) is 5.00. The van der Waals surface area contributed by atoms with Crippen LogP contribution in [0.5, 0.6) is 0 Å². The van der Waals surface area contributed by atoms with Crippen molar-refractivity contribution < 1.29 is 0 Å². The molecule has 0 nitrogen and oxygen atoms in total. The lowest BCUT2D eigenvalue weighted by atomic mass is 10.0. The van der Waals surface area contributed by atoms with Crippen LogP contribution >= 0.6 is 0 Å². The highest BCUT2D eigenvalue weighted by Crippen LogP contribution is 2.07. The highest BCUT2D eigenvalue weighted by Gasteiger charge is 1.92. The van der Waals surface area contributed by atoms with Gasteiger partial charge in [-0.15, -0.1) is 0 Å². The predicted molar refractivity (Wildman–Crippen MR) is 57.2 cm³/mol. The van der Waals surface area contributed by atoms with Crippen LogP contribution in [0.4, 0.5) is 0 Å². The summed E-state index contributed by atoms with van der Waals surface area (Å²) in [6.07, 6.45) is 11.4. The SMILES string of the molecule is CC/C=C\CC(C)/C=C/C(C)C. The van der Waals surface area contributed by atoms with E-state index in [4.69, 9.17) is 0 Å². The van der Waals surface area contributed by atoms with Gasteiger partial charge in [0.1, 0.15) is 0 Å². The third-order valence-corrected chi connectivity index (χ3v) is 1.73. The Morgan fingerprint density at radius 3 is 2.17 bits per heavy atom. The van der Waals surface area contributed by atoms with E-state index in [0.29, 0.717) is 11.8 Å². The quantitative estimate of drug-likeness (QED) is 0.537. The van der Waals surface area contributed by atoms with E-state index in [1.165, 1.54) is 6.42 Å². The second-order valence-corrected chi connectivity index (χ2v) is 3.72. The van der Waals surface area contributed by atoms with E-state index in [0.717, 1.165) is 6.42 Å². The summed E-state index contributed by atoms with van der Waals surface area (Å²) in [5.41, 5.74) is 0. The molecule has 12 heavy (non-hydrogen) atoms. The first-order valence-electron chi connectivity index (χ1n) is 5.00. The van der Waals surface area contributed by atoms with Crippen molar-refractivity contribution in [1.82, 2.24) is 0 Å². The number of rotatable bonds is 5. The minimum Gasteiger partial charge on any atom is -0.0888 e. The Bertz CT molecular complexity index is 140. The lowest BCUT2D eigenvalue weighted by molar-refractivity contribution is 0.723. The van der Waals surface area contributed by atoms with E-state index in [-0.39, 0.29) is 0 Å². The molecule has 0 heteroatoms. The van der Waals surface area contributed by atoms with Crippen LogP contribution in [-0.4, -0.2) is 0 Å². The van der Waals surface area contributed by atoms with Gasteiger partial charge in [-0.1, -0.05) is 52.0 Å². The summed E-state index contributed by atoms with van der Waals surface area (Å²) in [5.74, 6) is 1.37. The summed E-state index contributed by atoms with van der Waals surface area (Å²) < 4.78 is 0. The summed E-state index contributed by atoms with van der Waals surface area (Å²) in [4.78, 5) is 0. The van der Waals surface area contributed by atoms with Gasteiger partial charge in [0, 0.05) is 0 Å². The van der Waals surface area contributed by atoms with Crippen molar-refractivity contribution >= 4 is 0 Å². The molecule has 0 aromatic carbocycles. The standard InChI is InChI=1S/C12H22/c1-5-6-7-8-12(4)10-9-11(2)3/h6-7,9-12H,5,8H2,1-4H3/b7-6-,10-9+. The highest BCUT2D eigenvalue weighted by atomic mass is 14.0. The Labute approximate surface area is 77.4 Å². The molecule has 0 amide bonds. The van der Waals surface area contributed by atoms with Crippen molar-refractivity contribution in [1.29, 1.82) is 0 Å². The van der Waals surface area contributed by atoms with Crippen LogP contribution in [0.25, 0.3) is 0 Å². The van der Waals surface area contributed by atoms with Crippen molar-refractivity contribution in [2.75, 3.05) is 0 Å². The Balaban J connectivity index is 3.58. The minimum absolute atomic E-state index is 0.683. The van der Waals surface area contributed by atoms with E-state index in [1.54, 1.807) is 0 Å². The summed E-state index contributed by atoms with van der Waals surface area (Å²) in [7, 11) is 0. The second kappa shape index (κ2) is 7.15. The zero-order valence-corrected chi connectivity index (χ0v) is 8.88.